The maximum Gasteiger partial charge on any atom is 0.239 e. The fraction of sp³-hybridized carbons (Fsp3) is 0.167. The normalized spacial score (nSPS) is 10.7. The molecule has 136 heavy (non-hydrogen) atoms. The lowest BCUT2D eigenvalue weighted by Crippen LogP contribution is -2.09. The molecular formula is C108H96O28. The summed E-state index contributed by atoms with van der Waals surface area (Å²) in [6, 6.07) is 66.7. The molecule has 0 atom stereocenters. The molecular weight excluding hydrogens is 1750 g/mol. The molecule has 18 rings (SSSR count). The van der Waals surface area contributed by atoms with Crippen LogP contribution >= 0.6 is 0 Å². The Hall–Kier alpha value is -17.3. The van der Waals surface area contributed by atoms with Gasteiger partial charge >= 0.3 is 0 Å². The highest BCUT2D eigenvalue weighted by Crippen LogP contribution is 2.43. The Morgan fingerprint density at radius 2 is 0.463 bits per heavy atom. The first-order valence-corrected chi connectivity index (χ1v) is 41.9. The third-order valence-corrected chi connectivity index (χ3v) is 21.6. The maximum absolute atomic E-state index is 13.0. The lowest BCUT2D eigenvalue weighted by Gasteiger charge is -2.13. The van der Waals surface area contributed by atoms with Gasteiger partial charge in [-0.2, -0.15) is 0 Å². The summed E-state index contributed by atoms with van der Waals surface area (Å²) in [5.41, 5.74) is 9.86. The summed E-state index contributed by atoms with van der Waals surface area (Å²) in [6.07, 6.45) is 0. The molecule has 0 aliphatic carbocycles. The van der Waals surface area contributed by atoms with Gasteiger partial charge < -0.3 is 104 Å². The SMILES string of the molecule is COc1c(-c2ccccc2)oc2cc(C)cc(O)c2c1=O.COc1ccc(-c2cc(=O)c3c(OC)cc(C)cc3o2)cc1.COc1ccc(-c2oc3cc(C)cc(O)c3c(=O)c2OC)cc1.COc1ccc(-c2oc3cc(C)cc(O)c3c(=O)c2OC)cc1OC.COc1ccc(-c2oc3cc(C)cc(OC)c3c(=O)c2OC)cc1OC.Cc1cc(O)c2c(=O)cc(-c3ccccc3)oc2c1. The van der Waals surface area contributed by atoms with Crippen LogP contribution in [0.1, 0.15) is 33.4 Å². The van der Waals surface area contributed by atoms with Gasteiger partial charge in [-0.1, -0.05) is 60.7 Å². The Bertz CT molecular complexity index is 7880. The highest BCUT2D eigenvalue weighted by Gasteiger charge is 2.27. The number of aryl methyl sites for hydroxylation is 6. The van der Waals surface area contributed by atoms with E-state index in [9.17, 15) is 49.2 Å². The van der Waals surface area contributed by atoms with Crippen LogP contribution in [0.5, 0.6) is 92.0 Å². The summed E-state index contributed by atoms with van der Waals surface area (Å²) in [5, 5.41) is 41.4. The summed E-state index contributed by atoms with van der Waals surface area (Å²) >= 11 is 0. The van der Waals surface area contributed by atoms with Gasteiger partial charge in [-0.3, -0.25) is 28.8 Å². The largest absolute Gasteiger partial charge is 0.507 e. The average molecular weight is 1840 g/mol. The van der Waals surface area contributed by atoms with E-state index in [4.69, 9.17) is 83.3 Å². The van der Waals surface area contributed by atoms with Gasteiger partial charge in [0.1, 0.15) is 123 Å². The number of rotatable bonds is 18. The number of ether oxygens (including phenoxy) is 12. The molecule has 28 nitrogen and oxygen atoms in total. The number of methoxy groups -OCH3 is 12. The molecule has 0 aliphatic rings. The van der Waals surface area contributed by atoms with Crippen LogP contribution in [0.25, 0.3) is 134 Å². The first-order chi connectivity index (χ1) is 65.5. The number of phenols is 4. The van der Waals surface area contributed by atoms with Crippen molar-refractivity contribution >= 4 is 65.8 Å². The number of hydrogen-bond acceptors (Lipinski definition) is 28. The molecule has 0 aliphatic heterocycles. The summed E-state index contributed by atoms with van der Waals surface area (Å²) < 4.78 is 98.4. The van der Waals surface area contributed by atoms with E-state index < -0.39 is 10.9 Å². The molecule has 0 amide bonds. The van der Waals surface area contributed by atoms with E-state index in [0.717, 1.165) is 55.8 Å². The van der Waals surface area contributed by atoms with Crippen molar-refractivity contribution in [1.29, 1.82) is 0 Å². The summed E-state index contributed by atoms with van der Waals surface area (Å²) in [7, 11) is 18.1. The zero-order valence-electron chi connectivity index (χ0n) is 77.5. The maximum atomic E-state index is 13.0. The van der Waals surface area contributed by atoms with E-state index in [1.165, 1.54) is 73.0 Å². The summed E-state index contributed by atoms with van der Waals surface area (Å²) in [5.74, 6) is 6.74. The number of hydrogen-bond donors (Lipinski definition) is 4. The number of phenolic OH excluding ortho intramolecular Hbond substituents is 4. The molecule has 0 unspecified atom stereocenters. The van der Waals surface area contributed by atoms with Crippen molar-refractivity contribution in [3.63, 3.8) is 0 Å². The van der Waals surface area contributed by atoms with Gasteiger partial charge in [-0.25, -0.2) is 0 Å². The lowest BCUT2D eigenvalue weighted by molar-refractivity contribution is 0.355. The Kier molecular flexibility index (Phi) is 29.9. The van der Waals surface area contributed by atoms with Gasteiger partial charge in [0, 0.05) is 45.5 Å². The van der Waals surface area contributed by atoms with Crippen molar-refractivity contribution in [2.24, 2.45) is 0 Å². The van der Waals surface area contributed by atoms with Crippen LogP contribution in [0, 0.1) is 41.5 Å². The van der Waals surface area contributed by atoms with Crippen LogP contribution in [-0.4, -0.2) is 106 Å². The van der Waals surface area contributed by atoms with Gasteiger partial charge in [-0.05, 0) is 233 Å². The molecule has 18 aromatic rings. The van der Waals surface area contributed by atoms with E-state index in [1.807, 2.05) is 132 Å². The minimum absolute atomic E-state index is 0.0128. The van der Waals surface area contributed by atoms with E-state index in [-0.39, 0.29) is 101 Å². The Morgan fingerprint density at radius 3 is 0.801 bits per heavy atom. The van der Waals surface area contributed by atoms with Gasteiger partial charge in [-0.15, -0.1) is 0 Å². The van der Waals surface area contributed by atoms with Gasteiger partial charge in [0.2, 0.25) is 44.7 Å². The van der Waals surface area contributed by atoms with E-state index >= 15 is 0 Å². The first kappa shape index (κ1) is 96.3. The van der Waals surface area contributed by atoms with E-state index in [1.54, 1.807) is 153 Å². The van der Waals surface area contributed by atoms with Crippen LogP contribution in [0.4, 0.5) is 0 Å². The molecule has 6 aromatic heterocycles. The second-order valence-corrected chi connectivity index (χ2v) is 30.8. The molecule has 0 saturated carbocycles. The van der Waals surface area contributed by atoms with Crippen LogP contribution in [0.15, 0.2) is 286 Å². The fourth-order valence-electron chi connectivity index (χ4n) is 15.2. The van der Waals surface area contributed by atoms with Crippen molar-refractivity contribution < 1.29 is 104 Å². The van der Waals surface area contributed by atoms with Crippen LogP contribution in [0.3, 0.4) is 0 Å². The summed E-state index contributed by atoms with van der Waals surface area (Å²) in [6.45, 7) is 11.1. The Morgan fingerprint density at radius 1 is 0.206 bits per heavy atom. The van der Waals surface area contributed by atoms with Crippen molar-refractivity contribution in [3.8, 4) is 160 Å². The van der Waals surface area contributed by atoms with Crippen molar-refractivity contribution in [1.82, 2.24) is 0 Å². The average Bonchev–Trinajstić information content (AvgIpc) is 0.765. The minimum Gasteiger partial charge on any atom is -0.507 e. The van der Waals surface area contributed by atoms with E-state index in [2.05, 4.69) is 0 Å². The first-order valence-electron chi connectivity index (χ1n) is 41.9. The second kappa shape index (κ2) is 42.3. The molecule has 0 saturated heterocycles. The number of fused-ring (bicyclic) bond motifs is 6. The molecule has 0 fully saturated rings. The Balaban J connectivity index is 0.000000138. The fourth-order valence-corrected chi connectivity index (χ4v) is 15.2. The topological polar surface area (TPSA) is 373 Å². The standard InChI is InChI=1S/C20H20O6.C19H18O6.C18H16O5.C18H16O4.C17H14O4.C16H12O3/c1-11-8-15(24-4)17-16(9-11)26-19(20(25-5)18(17)21)12-6-7-13(22-2)14(10-12)23-3;1-10-7-12(20)16-15(8-10)25-18(19(24-4)17(16)21)11-5-6-13(22-2)14(9-11)23-3;1-10-8-13(19)15-14(9-10)23-17(18(22-3)16(15)20)11-4-6-12(21-2)7-5-11;1-11-8-16(21-3)18-14(19)10-15(22-17(18)9-11)12-4-6-13(20-2)7-5-12;1-10-8-12(18)14-13(9-10)21-16(17(20-2)15(14)19)11-6-4-3-5-7-11;1-10-7-12(17)16-13(18)9-14(19-15(16)8-10)11-5-3-2-4-6-11/h6-10H,1-5H3;5-9,20H,1-4H3;4-9,19H,1-3H3;4-10H,1-3H3;3-9,18H,1-2H3;2-9,17H,1H3. The van der Waals surface area contributed by atoms with Crippen molar-refractivity contribution in [3.05, 3.63) is 325 Å². The third kappa shape index (κ3) is 20.4. The van der Waals surface area contributed by atoms with Gasteiger partial charge in [0.25, 0.3) is 0 Å². The zero-order valence-corrected chi connectivity index (χ0v) is 77.5. The van der Waals surface area contributed by atoms with E-state index in [0.29, 0.717) is 124 Å². The molecule has 6 heterocycles. The lowest BCUT2D eigenvalue weighted by atomic mass is 10.1. The second-order valence-electron chi connectivity index (χ2n) is 30.8. The highest BCUT2D eigenvalue weighted by molar-refractivity contribution is 5.93. The van der Waals surface area contributed by atoms with Crippen LogP contribution in [0.2, 0.25) is 0 Å². The molecule has 0 bridgehead atoms. The third-order valence-electron chi connectivity index (χ3n) is 21.6. The molecule has 696 valence electrons. The molecule has 0 radical (unpaired) electrons. The van der Waals surface area contributed by atoms with Crippen LogP contribution < -0.4 is 89.4 Å². The number of benzene rings is 12. The molecule has 12 aromatic carbocycles. The number of aromatic hydroxyl groups is 4. The van der Waals surface area contributed by atoms with Crippen LogP contribution in [-0.2, 0) is 0 Å². The minimum atomic E-state index is -0.439. The predicted octanol–water partition coefficient (Wildman–Crippen LogP) is 21.5. The zero-order chi connectivity index (χ0) is 97.6. The quantitative estimate of drug-likeness (QED) is 0.0620. The van der Waals surface area contributed by atoms with Crippen molar-refractivity contribution in [2.75, 3.05) is 85.3 Å². The monoisotopic (exact) mass is 1840 g/mol. The molecule has 4 N–H and O–H groups in total. The Labute approximate surface area is 777 Å². The molecule has 0 spiro atoms. The van der Waals surface area contributed by atoms with Gasteiger partial charge in [0.15, 0.2) is 56.9 Å². The van der Waals surface area contributed by atoms with Crippen molar-refractivity contribution in [2.45, 2.75) is 41.5 Å². The van der Waals surface area contributed by atoms with Gasteiger partial charge in [0.05, 0.1) is 85.3 Å². The predicted molar refractivity (Wildman–Crippen MR) is 521 cm³/mol. The molecule has 28 heteroatoms. The smallest absolute Gasteiger partial charge is 0.239 e. The summed E-state index contributed by atoms with van der Waals surface area (Å²) in [4.78, 5) is 75.5. The highest BCUT2D eigenvalue weighted by atomic mass is 16.5.